The van der Waals surface area contributed by atoms with Crippen LogP contribution in [0.2, 0.25) is 0 Å². The zero-order valence-corrected chi connectivity index (χ0v) is 21.4. The van der Waals surface area contributed by atoms with Crippen LogP contribution in [0.25, 0.3) is 0 Å². The maximum absolute atomic E-state index is 13.4. The Morgan fingerprint density at radius 2 is 1.81 bits per heavy atom. The number of ether oxygens (including phenoxy) is 1. The van der Waals surface area contributed by atoms with Crippen LogP contribution in [0, 0.1) is 23.7 Å². The summed E-state index contributed by atoms with van der Waals surface area (Å²) in [5.74, 6) is 1.66. The van der Waals surface area contributed by atoms with E-state index in [0.29, 0.717) is 41.9 Å². The Labute approximate surface area is 195 Å². The molecule has 0 spiro atoms. The first-order valence-corrected chi connectivity index (χ1v) is 13.1. The number of nitrogens with zero attached hydrogens (tertiary/aromatic N) is 2. The molecule has 0 aromatic heterocycles. The third-order valence-corrected chi connectivity index (χ3v) is 9.31. The van der Waals surface area contributed by atoms with E-state index in [1.807, 2.05) is 0 Å². The van der Waals surface area contributed by atoms with Crippen molar-refractivity contribution in [2.45, 2.75) is 96.3 Å². The predicted octanol–water partition coefficient (Wildman–Crippen LogP) is 3.99. The molecular formula is C25H46ClN3O2. The largest absolute Gasteiger partial charge is 0.381 e. The minimum atomic E-state index is 0.000923. The topological polar surface area (TPSA) is 44.8 Å². The molecule has 3 rings (SSSR count). The number of hydrogen-bond acceptors (Lipinski definition) is 4. The lowest BCUT2D eigenvalue weighted by atomic mass is 9.74. The molecule has 5 nitrogen and oxygen atoms in total. The summed E-state index contributed by atoms with van der Waals surface area (Å²) in [4.78, 5) is 18.5. The van der Waals surface area contributed by atoms with E-state index in [-0.39, 0.29) is 17.2 Å². The van der Waals surface area contributed by atoms with Crippen molar-refractivity contribution in [2.75, 3.05) is 33.4 Å². The van der Waals surface area contributed by atoms with E-state index in [4.69, 9.17) is 16.3 Å². The number of rotatable bonds is 6. The third-order valence-electron chi connectivity index (χ3n) is 8.95. The highest BCUT2D eigenvalue weighted by Crippen LogP contribution is 2.38. The van der Waals surface area contributed by atoms with Crippen LogP contribution in [0.1, 0.15) is 66.7 Å². The first kappa shape index (κ1) is 25.3. The Balaban J connectivity index is 1.63. The maximum atomic E-state index is 13.4. The van der Waals surface area contributed by atoms with Crippen molar-refractivity contribution in [2.24, 2.45) is 23.7 Å². The van der Waals surface area contributed by atoms with Gasteiger partial charge in [0.2, 0.25) is 5.91 Å². The normalized spacial score (nSPS) is 40.8. The molecule has 31 heavy (non-hydrogen) atoms. The quantitative estimate of drug-likeness (QED) is 0.615. The summed E-state index contributed by atoms with van der Waals surface area (Å²) in [5.41, 5.74) is 0. The average molecular weight is 456 g/mol. The van der Waals surface area contributed by atoms with E-state index < -0.39 is 0 Å². The first-order valence-electron chi connectivity index (χ1n) is 12.7. The van der Waals surface area contributed by atoms with Crippen LogP contribution in [0.3, 0.4) is 0 Å². The number of nitrogens with one attached hydrogen (secondary N) is 1. The molecule has 0 bridgehead atoms. The lowest BCUT2D eigenvalue weighted by Crippen LogP contribution is -2.56. The Morgan fingerprint density at radius 3 is 2.45 bits per heavy atom. The lowest BCUT2D eigenvalue weighted by molar-refractivity contribution is -0.130. The summed E-state index contributed by atoms with van der Waals surface area (Å²) in [6, 6.07) is 2.02. The van der Waals surface area contributed by atoms with E-state index in [0.717, 1.165) is 52.0 Å². The molecule has 1 N–H and O–H groups in total. The summed E-state index contributed by atoms with van der Waals surface area (Å²) < 4.78 is 5.59. The molecule has 0 aromatic carbocycles. The smallest absolute Gasteiger partial charge is 0.223 e. The van der Waals surface area contributed by atoms with Gasteiger partial charge in [0.15, 0.2) is 0 Å². The number of likely N-dealkylation sites (tertiary alicyclic amines) is 1. The van der Waals surface area contributed by atoms with Gasteiger partial charge in [-0.25, -0.2) is 0 Å². The lowest BCUT2D eigenvalue weighted by Gasteiger charge is -2.47. The molecule has 0 radical (unpaired) electrons. The molecule has 2 heterocycles. The molecule has 2 saturated heterocycles. The molecule has 1 saturated carbocycles. The van der Waals surface area contributed by atoms with Crippen molar-refractivity contribution in [1.82, 2.24) is 15.1 Å². The molecular weight excluding hydrogens is 410 g/mol. The molecule has 6 heteroatoms. The van der Waals surface area contributed by atoms with Crippen LogP contribution >= 0.6 is 11.6 Å². The van der Waals surface area contributed by atoms with E-state index in [9.17, 15) is 4.79 Å². The summed E-state index contributed by atoms with van der Waals surface area (Å²) >= 11 is 6.75. The molecule has 0 aromatic rings. The number of carbonyl (C=O) groups excluding carboxylic acids is 1. The minimum Gasteiger partial charge on any atom is -0.381 e. The van der Waals surface area contributed by atoms with Gasteiger partial charge in [0, 0.05) is 55.2 Å². The highest BCUT2D eigenvalue weighted by molar-refractivity contribution is 6.20. The van der Waals surface area contributed by atoms with Crippen molar-refractivity contribution in [1.29, 1.82) is 0 Å². The Hall–Kier alpha value is -0.360. The van der Waals surface area contributed by atoms with Gasteiger partial charge in [0.05, 0.1) is 0 Å². The number of hydrogen-bond donors (Lipinski definition) is 1. The third kappa shape index (κ3) is 5.77. The monoisotopic (exact) mass is 455 g/mol. The highest BCUT2D eigenvalue weighted by atomic mass is 35.5. The fourth-order valence-corrected chi connectivity index (χ4v) is 7.05. The molecule has 3 aliphatic rings. The van der Waals surface area contributed by atoms with Gasteiger partial charge < -0.3 is 15.0 Å². The highest BCUT2D eigenvalue weighted by Gasteiger charge is 2.43. The Kier molecular flexibility index (Phi) is 9.11. The second-order valence-corrected chi connectivity index (χ2v) is 11.3. The molecule has 8 atom stereocenters. The standard InChI is InChI=1S/C25H46ClN3O2/c1-7-29(21-8-10-31-11-9-21)24-14-20(26)13-22(18(24)4)25(30)27-15-23-16(2)12-17(3)28(6)19(23)5/h16-24H,7-15H2,1-6H3,(H,27,30). The SMILES string of the molecule is CCN(C1CCOCC1)C1CC(Cl)CC(C(=O)NCC2C(C)CC(C)N(C)C2C)C1C. The summed E-state index contributed by atoms with van der Waals surface area (Å²) in [5, 5.41) is 3.44. The second kappa shape index (κ2) is 11.2. The van der Waals surface area contributed by atoms with Crippen molar-refractivity contribution in [3.63, 3.8) is 0 Å². The Morgan fingerprint density at radius 1 is 1.13 bits per heavy atom. The maximum Gasteiger partial charge on any atom is 0.223 e. The second-order valence-electron chi connectivity index (χ2n) is 10.7. The van der Waals surface area contributed by atoms with Gasteiger partial charge in [-0.3, -0.25) is 9.69 Å². The van der Waals surface area contributed by atoms with Crippen LogP contribution in [-0.4, -0.2) is 78.6 Å². The molecule has 1 amide bonds. The number of halogens is 1. The van der Waals surface area contributed by atoms with Gasteiger partial charge in [-0.05, 0) is 77.3 Å². The van der Waals surface area contributed by atoms with Crippen LogP contribution in [0.5, 0.6) is 0 Å². The van der Waals surface area contributed by atoms with Gasteiger partial charge in [-0.15, -0.1) is 11.6 Å². The van der Waals surface area contributed by atoms with Crippen molar-refractivity contribution < 1.29 is 9.53 Å². The number of alkyl halides is 1. The molecule has 2 aliphatic heterocycles. The van der Waals surface area contributed by atoms with Crippen LogP contribution in [-0.2, 0) is 9.53 Å². The van der Waals surface area contributed by atoms with E-state index in [1.54, 1.807) is 0 Å². The molecule has 1 aliphatic carbocycles. The van der Waals surface area contributed by atoms with Crippen LogP contribution in [0.15, 0.2) is 0 Å². The van der Waals surface area contributed by atoms with Gasteiger partial charge >= 0.3 is 0 Å². The van der Waals surface area contributed by atoms with Gasteiger partial charge in [-0.1, -0.05) is 20.8 Å². The fraction of sp³-hybridized carbons (Fsp3) is 0.960. The van der Waals surface area contributed by atoms with Crippen LogP contribution < -0.4 is 5.32 Å². The summed E-state index contributed by atoms with van der Waals surface area (Å²) in [7, 11) is 2.22. The van der Waals surface area contributed by atoms with E-state index >= 15 is 0 Å². The average Bonchev–Trinajstić information content (AvgIpc) is 2.75. The predicted molar refractivity (Wildman–Crippen MR) is 129 cm³/mol. The van der Waals surface area contributed by atoms with Crippen LogP contribution in [0.4, 0.5) is 0 Å². The zero-order valence-electron chi connectivity index (χ0n) is 20.6. The van der Waals surface area contributed by atoms with Gasteiger partial charge in [-0.2, -0.15) is 0 Å². The van der Waals surface area contributed by atoms with Crippen molar-refractivity contribution in [3.8, 4) is 0 Å². The summed E-state index contributed by atoms with van der Waals surface area (Å²) in [6.45, 7) is 15.0. The Bertz CT molecular complexity index is 585. The van der Waals surface area contributed by atoms with Gasteiger partial charge in [0.1, 0.15) is 0 Å². The molecule has 3 fully saturated rings. The number of amides is 1. The van der Waals surface area contributed by atoms with E-state index in [2.05, 4.69) is 56.8 Å². The first-order chi connectivity index (χ1) is 14.7. The van der Waals surface area contributed by atoms with Crippen molar-refractivity contribution >= 4 is 17.5 Å². The number of carbonyl (C=O) groups is 1. The molecule has 180 valence electrons. The van der Waals surface area contributed by atoms with Crippen molar-refractivity contribution in [3.05, 3.63) is 0 Å². The molecule has 8 unspecified atom stereocenters. The summed E-state index contributed by atoms with van der Waals surface area (Å²) in [6.07, 6.45) is 5.15. The minimum absolute atomic E-state index is 0.000923. The number of piperidine rings is 1. The fourth-order valence-electron chi connectivity index (χ4n) is 6.67. The zero-order chi connectivity index (χ0) is 22.7. The van der Waals surface area contributed by atoms with E-state index in [1.165, 1.54) is 6.42 Å². The van der Waals surface area contributed by atoms with Gasteiger partial charge in [0.25, 0.3) is 0 Å².